The molecule has 10 heavy (non-hydrogen) atoms. The molecule has 1 aromatic rings. The van der Waals surface area contributed by atoms with Gasteiger partial charge in [-0.25, -0.2) is 4.79 Å². The Balaban J connectivity index is 2.48. The average Bonchev–Trinajstić information content (AvgIpc) is 2.40. The fourth-order valence-electron chi connectivity index (χ4n) is 0.410. The minimum absolute atomic E-state index is 0.0208. The molecule has 0 aliphatic carbocycles. The molecule has 6 nitrogen and oxygen atoms in total. The molecule has 6 heteroatoms. The van der Waals surface area contributed by atoms with Crippen molar-refractivity contribution in [2.24, 2.45) is 0 Å². The van der Waals surface area contributed by atoms with E-state index >= 15 is 0 Å². The summed E-state index contributed by atoms with van der Waals surface area (Å²) in [6.45, 7) is -0.0208. The van der Waals surface area contributed by atoms with Crippen molar-refractivity contribution in [3.05, 3.63) is 6.33 Å². The Morgan fingerprint density at radius 1 is 1.80 bits per heavy atom. The highest BCUT2D eigenvalue weighted by molar-refractivity contribution is 5.68. The van der Waals surface area contributed by atoms with Crippen LogP contribution >= 0.6 is 0 Å². The number of tetrazole rings is 1. The Morgan fingerprint density at radius 2 is 2.60 bits per heavy atom. The van der Waals surface area contributed by atoms with Gasteiger partial charge in [0.1, 0.15) is 0 Å². The molecule has 0 aliphatic heterocycles. The van der Waals surface area contributed by atoms with Crippen LogP contribution in [0.4, 0.5) is 0 Å². The Kier molecular flexibility index (Phi) is 1.93. The van der Waals surface area contributed by atoms with E-state index in [0.29, 0.717) is 0 Å². The topological polar surface area (TPSA) is 69.9 Å². The van der Waals surface area contributed by atoms with E-state index in [9.17, 15) is 4.79 Å². The Labute approximate surface area is 56.8 Å². The highest BCUT2D eigenvalue weighted by Gasteiger charge is 2.01. The van der Waals surface area contributed by atoms with Crippen molar-refractivity contribution in [1.29, 1.82) is 0 Å². The zero-order valence-corrected chi connectivity index (χ0v) is 5.31. The summed E-state index contributed by atoms with van der Waals surface area (Å²) in [6, 6.07) is 0. The summed E-state index contributed by atoms with van der Waals surface area (Å²) in [7, 11) is 1.29. The minimum Gasteiger partial charge on any atom is -0.468 e. The van der Waals surface area contributed by atoms with E-state index in [1.807, 2.05) is 0 Å². The molecule has 0 saturated heterocycles. The van der Waals surface area contributed by atoms with Crippen LogP contribution in [0.15, 0.2) is 0 Å². The van der Waals surface area contributed by atoms with Crippen molar-refractivity contribution in [2.75, 3.05) is 7.11 Å². The van der Waals surface area contributed by atoms with Crippen molar-refractivity contribution in [2.45, 2.75) is 6.54 Å². The van der Waals surface area contributed by atoms with Gasteiger partial charge in [0.05, 0.1) is 7.11 Å². The lowest BCUT2D eigenvalue weighted by atomic mass is 10.7. The molecule has 53 valence electrons. The number of hydrogen-bond acceptors (Lipinski definition) is 5. The zero-order valence-electron chi connectivity index (χ0n) is 5.31. The molecule has 0 saturated carbocycles. The molecule has 0 unspecified atom stereocenters. The summed E-state index contributed by atoms with van der Waals surface area (Å²) >= 11 is 0. The van der Waals surface area contributed by atoms with E-state index < -0.39 is 5.97 Å². The maximum Gasteiger partial charge on any atom is 0.329 e. The van der Waals surface area contributed by atoms with E-state index in [1.165, 1.54) is 7.11 Å². The second-order valence-electron chi connectivity index (χ2n) is 1.50. The summed E-state index contributed by atoms with van der Waals surface area (Å²) in [4.78, 5) is 11.6. The van der Waals surface area contributed by atoms with Gasteiger partial charge in [-0.1, -0.05) is 0 Å². The number of rotatable bonds is 2. The van der Waals surface area contributed by atoms with Crippen LogP contribution in [-0.2, 0) is 16.1 Å². The third kappa shape index (κ3) is 1.51. The smallest absolute Gasteiger partial charge is 0.329 e. The lowest BCUT2D eigenvalue weighted by molar-refractivity contribution is -0.141. The molecule has 0 spiro atoms. The summed E-state index contributed by atoms with van der Waals surface area (Å²) in [5, 5.41) is 10.2. The van der Waals surface area contributed by atoms with Gasteiger partial charge in [-0.3, -0.25) is 0 Å². The lowest BCUT2D eigenvalue weighted by Crippen LogP contribution is -2.13. The summed E-state index contributed by atoms with van der Waals surface area (Å²) in [6.07, 6.45) is 2.20. The quantitative estimate of drug-likeness (QED) is 0.476. The standard InChI is InChI=1S/C4H5N4O2/c1-10-4(9)2-8-6-3-5-7-8/h2H2,1H3. The molecule has 0 fully saturated rings. The van der Waals surface area contributed by atoms with E-state index in [2.05, 4.69) is 26.5 Å². The molecule has 0 atom stereocenters. The van der Waals surface area contributed by atoms with Crippen molar-refractivity contribution in [3.63, 3.8) is 0 Å². The van der Waals surface area contributed by atoms with Crippen LogP contribution in [-0.4, -0.2) is 33.3 Å². The van der Waals surface area contributed by atoms with Crippen LogP contribution < -0.4 is 0 Å². The van der Waals surface area contributed by atoms with Gasteiger partial charge < -0.3 is 4.74 Å². The SMILES string of the molecule is COC(=O)Cn1n[c]nn1. The number of carbonyl (C=O) groups excluding carboxylic acids is 1. The fraction of sp³-hybridized carbons (Fsp3) is 0.500. The molecular weight excluding hydrogens is 136 g/mol. The molecule has 1 rings (SSSR count). The fourth-order valence-corrected chi connectivity index (χ4v) is 0.410. The number of nitrogens with zero attached hydrogens (tertiary/aromatic N) is 4. The van der Waals surface area contributed by atoms with Gasteiger partial charge in [-0.05, 0) is 5.21 Å². The van der Waals surface area contributed by atoms with Crippen LogP contribution in [0, 0.1) is 6.33 Å². The van der Waals surface area contributed by atoms with Crippen LogP contribution in [0.3, 0.4) is 0 Å². The molecular formula is C4H5N4O2. The van der Waals surface area contributed by atoms with E-state index in [-0.39, 0.29) is 6.54 Å². The Bertz CT molecular complexity index is 207. The van der Waals surface area contributed by atoms with Crippen molar-refractivity contribution in [3.8, 4) is 0 Å². The number of esters is 1. The molecule has 0 N–H and O–H groups in total. The third-order valence-electron chi connectivity index (χ3n) is 0.851. The molecule has 1 aromatic heterocycles. The average molecular weight is 141 g/mol. The Hall–Kier alpha value is -1.46. The molecule has 0 amide bonds. The van der Waals surface area contributed by atoms with E-state index in [0.717, 1.165) is 4.80 Å². The van der Waals surface area contributed by atoms with Crippen molar-refractivity contribution < 1.29 is 9.53 Å². The van der Waals surface area contributed by atoms with Crippen LogP contribution in [0.1, 0.15) is 0 Å². The number of ether oxygens (including phenoxy) is 1. The van der Waals surface area contributed by atoms with Gasteiger partial charge in [-0.2, -0.15) is 4.80 Å². The summed E-state index contributed by atoms with van der Waals surface area (Å²) in [5.74, 6) is -0.411. The third-order valence-corrected chi connectivity index (χ3v) is 0.851. The molecule has 0 aliphatic rings. The number of aromatic nitrogens is 4. The van der Waals surface area contributed by atoms with Gasteiger partial charge in [-0.15, -0.1) is 10.2 Å². The van der Waals surface area contributed by atoms with Gasteiger partial charge in [0, 0.05) is 0 Å². The summed E-state index contributed by atoms with van der Waals surface area (Å²) < 4.78 is 4.34. The first-order valence-corrected chi connectivity index (χ1v) is 2.53. The first-order valence-electron chi connectivity index (χ1n) is 2.53. The van der Waals surface area contributed by atoms with E-state index in [1.54, 1.807) is 0 Å². The molecule has 1 radical (unpaired) electrons. The maximum absolute atomic E-state index is 10.5. The van der Waals surface area contributed by atoms with Gasteiger partial charge >= 0.3 is 5.97 Å². The van der Waals surface area contributed by atoms with Crippen molar-refractivity contribution >= 4 is 5.97 Å². The van der Waals surface area contributed by atoms with Crippen LogP contribution in [0.2, 0.25) is 0 Å². The second-order valence-corrected chi connectivity index (χ2v) is 1.50. The van der Waals surface area contributed by atoms with Crippen LogP contribution in [0.5, 0.6) is 0 Å². The van der Waals surface area contributed by atoms with E-state index in [4.69, 9.17) is 0 Å². The molecule has 0 bridgehead atoms. The normalized spacial score (nSPS) is 9.30. The monoisotopic (exact) mass is 141 g/mol. The second kappa shape index (κ2) is 2.90. The van der Waals surface area contributed by atoms with Crippen molar-refractivity contribution in [1.82, 2.24) is 20.2 Å². The highest BCUT2D eigenvalue weighted by Crippen LogP contribution is 1.77. The van der Waals surface area contributed by atoms with Gasteiger partial charge in [0.25, 0.3) is 0 Å². The predicted molar refractivity (Wildman–Crippen MR) is 28.7 cm³/mol. The Morgan fingerprint density at radius 3 is 3.10 bits per heavy atom. The summed E-state index contributed by atoms with van der Waals surface area (Å²) in [5.41, 5.74) is 0. The number of carbonyl (C=O) groups is 1. The maximum atomic E-state index is 10.5. The largest absolute Gasteiger partial charge is 0.468 e. The zero-order chi connectivity index (χ0) is 7.40. The molecule has 0 aromatic carbocycles. The highest BCUT2D eigenvalue weighted by atomic mass is 16.5. The predicted octanol–water partition coefficient (Wildman–Crippen LogP) is -1.35. The van der Waals surface area contributed by atoms with Gasteiger partial charge in [0.2, 0.25) is 6.33 Å². The molecule has 1 heterocycles. The first-order chi connectivity index (χ1) is 4.83. The number of hydrogen-bond donors (Lipinski definition) is 0. The number of methoxy groups -OCH3 is 1. The van der Waals surface area contributed by atoms with Crippen LogP contribution in [0.25, 0.3) is 0 Å². The van der Waals surface area contributed by atoms with Gasteiger partial charge in [0.15, 0.2) is 6.54 Å². The minimum atomic E-state index is -0.411. The lowest BCUT2D eigenvalue weighted by Gasteiger charge is -1.94. The first kappa shape index (κ1) is 6.66.